The van der Waals surface area contributed by atoms with Crippen LogP contribution in [-0.2, 0) is 0 Å². The standard InChI is InChI=1S/C8H5ClFNO3.C8H6FNO4/c1-4-6(11(13)14)3-2-5(10)7(4)8(9)12;1-4-6(10(13)14)3-2-5(9)7(4)8(11)12/h2-3H,1H3;2-3H,1H3,(H,11,12). The molecule has 0 spiro atoms. The summed E-state index contributed by atoms with van der Waals surface area (Å²) < 4.78 is 26.0. The van der Waals surface area contributed by atoms with E-state index in [1.165, 1.54) is 13.8 Å². The molecular formula is C16H11ClF2N2O7. The van der Waals surface area contributed by atoms with Crippen LogP contribution in [0.25, 0.3) is 0 Å². The van der Waals surface area contributed by atoms with Gasteiger partial charge in [0.15, 0.2) is 0 Å². The van der Waals surface area contributed by atoms with Crippen LogP contribution in [0.1, 0.15) is 31.8 Å². The SMILES string of the molecule is Cc1c([N+](=O)[O-])ccc(F)c1C(=O)Cl.Cc1c([N+](=O)[O-])ccc(F)c1C(=O)O. The summed E-state index contributed by atoms with van der Waals surface area (Å²) in [4.78, 5) is 40.7. The molecule has 1 N–H and O–H groups in total. The first-order chi connectivity index (χ1) is 12.9. The normalized spacial score (nSPS) is 9.89. The Hall–Kier alpha value is -3.47. The van der Waals surface area contributed by atoms with Crippen molar-refractivity contribution in [1.29, 1.82) is 0 Å². The van der Waals surface area contributed by atoms with Crippen LogP contribution in [0, 0.1) is 45.7 Å². The first-order valence-electron chi connectivity index (χ1n) is 7.20. The number of nitro groups is 2. The molecule has 0 aliphatic carbocycles. The van der Waals surface area contributed by atoms with Crippen LogP contribution in [0.5, 0.6) is 0 Å². The Bertz CT molecular complexity index is 916. The smallest absolute Gasteiger partial charge is 0.339 e. The molecule has 28 heavy (non-hydrogen) atoms. The lowest BCUT2D eigenvalue weighted by Gasteiger charge is -2.02. The molecule has 0 aliphatic heterocycles. The minimum absolute atomic E-state index is 0.0602. The topological polar surface area (TPSA) is 141 Å². The van der Waals surface area contributed by atoms with Crippen molar-refractivity contribution in [2.45, 2.75) is 13.8 Å². The first kappa shape index (κ1) is 22.6. The maximum atomic E-state index is 13.0. The van der Waals surface area contributed by atoms with Crippen molar-refractivity contribution < 1.29 is 33.3 Å². The first-order valence-corrected chi connectivity index (χ1v) is 7.58. The highest BCUT2D eigenvalue weighted by atomic mass is 35.5. The number of carbonyl (C=O) groups excluding carboxylic acids is 1. The molecule has 0 saturated heterocycles. The fourth-order valence-corrected chi connectivity index (χ4v) is 2.47. The lowest BCUT2D eigenvalue weighted by atomic mass is 10.1. The molecule has 2 aromatic rings. The largest absolute Gasteiger partial charge is 0.478 e. The van der Waals surface area contributed by atoms with Crippen LogP contribution in [0.4, 0.5) is 20.2 Å². The molecule has 0 heterocycles. The Labute approximate surface area is 160 Å². The van der Waals surface area contributed by atoms with Gasteiger partial charge in [-0.25, -0.2) is 13.6 Å². The van der Waals surface area contributed by atoms with Gasteiger partial charge >= 0.3 is 5.97 Å². The predicted octanol–water partition coefficient (Wildman–Crippen LogP) is 4.16. The summed E-state index contributed by atoms with van der Waals surface area (Å²) in [5.74, 6) is -3.34. The number of benzene rings is 2. The second-order valence-electron chi connectivity index (χ2n) is 5.23. The zero-order valence-corrected chi connectivity index (χ0v) is 15.0. The van der Waals surface area contributed by atoms with Gasteiger partial charge in [0.1, 0.15) is 17.2 Å². The lowest BCUT2D eigenvalue weighted by molar-refractivity contribution is -0.385. The van der Waals surface area contributed by atoms with Crippen LogP contribution < -0.4 is 0 Å². The summed E-state index contributed by atoms with van der Waals surface area (Å²) in [5.41, 5.74) is -2.06. The van der Waals surface area contributed by atoms with E-state index >= 15 is 0 Å². The Balaban J connectivity index is 0.000000280. The molecule has 148 valence electrons. The Morgan fingerprint density at radius 3 is 1.57 bits per heavy atom. The van der Waals surface area contributed by atoms with Crippen molar-refractivity contribution in [2.24, 2.45) is 0 Å². The number of hydrogen-bond donors (Lipinski definition) is 1. The van der Waals surface area contributed by atoms with Gasteiger partial charge in [0.25, 0.3) is 16.6 Å². The van der Waals surface area contributed by atoms with Crippen LogP contribution in [0.15, 0.2) is 24.3 Å². The van der Waals surface area contributed by atoms with E-state index in [0.29, 0.717) is 0 Å². The molecule has 0 amide bonds. The fourth-order valence-electron chi connectivity index (χ4n) is 2.23. The van der Waals surface area contributed by atoms with Crippen LogP contribution in [-0.4, -0.2) is 26.2 Å². The van der Waals surface area contributed by atoms with Gasteiger partial charge in [0.2, 0.25) is 0 Å². The van der Waals surface area contributed by atoms with Crippen LogP contribution in [0.3, 0.4) is 0 Å². The molecule has 0 fully saturated rings. The minimum Gasteiger partial charge on any atom is -0.478 e. The summed E-state index contributed by atoms with van der Waals surface area (Å²) in [6.07, 6.45) is 0. The fraction of sp³-hybridized carbons (Fsp3) is 0.125. The predicted molar refractivity (Wildman–Crippen MR) is 92.7 cm³/mol. The number of rotatable bonds is 4. The number of carbonyl (C=O) groups is 2. The van der Waals surface area contributed by atoms with Gasteiger partial charge in [-0.1, -0.05) is 0 Å². The quantitative estimate of drug-likeness (QED) is 0.448. The third-order valence-corrected chi connectivity index (χ3v) is 3.76. The highest BCUT2D eigenvalue weighted by Gasteiger charge is 2.22. The van der Waals surface area contributed by atoms with E-state index in [4.69, 9.17) is 16.7 Å². The van der Waals surface area contributed by atoms with Gasteiger partial charge in [0, 0.05) is 23.3 Å². The van der Waals surface area contributed by atoms with Crippen molar-refractivity contribution in [3.63, 3.8) is 0 Å². The number of carboxylic acid groups (broad SMARTS) is 1. The third kappa shape index (κ3) is 4.82. The monoisotopic (exact) mass is 416 g/mol. The summed E-state index contributed by atoms with van der Waals surface area (Å²) >= 11 is 5.09. The zero-order valence-electron chi connectivity index (χ0n) is 14.2. The number of halogens is 3. The van der Waals surface area contributed by atoms with Crippen LogP contribution >= 0.6 is 11.6 Å². The molecular weight excluding hydrogens is 406 g/mol. The highest BCUT2D eigenvalue weighted by molar-refractivity contribution is 6.68. The van der Waals surface area contributed by atoms with E-state index in [9.17, 15) is 38.6 Å². The molecule has 0 saturated carbocycles. The third-order valence-electron chi connectivity index (χ3n) is 3.57. The molecule has 12 heteroatoms. The Morgan fingerprint density at radius 2 is 1.25 bits per heavy atom. The number of hydrogen-bond acceptors (Lipinski definition) is 6. The molecule has 9 nitrogen and oxygen atoms in total. The second kappa shape index (κ2) is 8.95. The zero-order chi connectivity index (χ0) is 21.8. The molecule has 0 radical (unpaired) electrons. The molecule has 0 atom stereocenters. The molecule has 0 aromatic heterocycles. The minimum atomic E-state index is -1.51. The van der Waals surface area contributed by atoms with E-state index in [0.717, 1.165) is 24.3 Å². The second-order valence-corrected chi connectivity index (χ2v) is 5.57. The van der Waals surface area contributed by atoms with E-state index < -0.39 is 49.5 Å². The molecule has 0 unspecified atom stereocenters. The van der Waals surface area contributed by atoms with Gasteiger partial charge in [-0.3, -0.25) is 25.0 Å². The average molecular weight is 417 g/mol. The maximum Gasteiger partial charge on any atom is 0.339 e. The van der Waals surface area contributed by atoms with Crippen molar-refractivity contribution in [3.8, 4) is 0 Å². The maximum absolute atomic E-state index is 13.0. The van der Waals surface area contributed by atoms with Gasteiger partial charge in [-0.15, -0.1) is 0 Å². The lowest BCUT2D eigenvalue weighted by Crippen LogP contribution is -2.06. The Kier molecular flexibility index (Phi) is 7.21. The number of nitro benzene ring substituents is 2. The number of carboxylic acids is 1. The average Bonchev–Trinajstić information content (AvgIpc) is 2.54. The summed E-state index contributed by atoms with van der Waals surface area (Å²) in [6, 6.07) is 3.56. The van der Waals surface area contributed by atoms with Gasteiger partial charge in [0.05, 0.1) is 15.4 Å². The van der Waals surface area contributed by atoms with Crippen LogP contribution in [0.2, 0.25) is 0 Å². The van der Waals surface area contributed by atoms with Crippen molar-refractivity contribution in [3.05, 3.63) is 78.4 Å². The molecule has 0 aliphatic rings. The molecule has 2 aromatic carbocycles. The van der Waals surface area contributed by atoms with Gasteiger partial charge in [-0.05, 0) is 37.6 Å². The molecule has 0 bridgehead atoms. The molecule has 2 rings (SSSR count). The summed E-state index contributed by atoms with van der Waals surface area (Å²) in [7, 11) is 0. The van der Waals surface area contributed by atoms with Gasteiger partial charge < -0.3 is 5.11 Å². The van der Waals surface area contributed by atoms with E-state index in [1.54, 1.807) is 0 Å². The Morgan fingerprint density at radius 1 is 0.893 bits per heavy atom. The van der Waals surface area contributed by atoms with Gasteiger partial charge in [-0.2, -0.15) is 0 Å². The van der Waals surface area contributed by atoms with E-state index in [-0.39, 0.29) is 16.8 Å². The van der Waals surface area contributed by atoms with Crippen molar-refractivity contribution in [1.82, 2.24) is 0 Å². The number of aromatic carboxylic acids is 1. The van der Waals surface area contributed by atoms with Crippen molar-refractivity contribution in [2.75, 3.05) is 0 Å². The summed E-state index contributed by atoms with van der Waals surface area (Å²) in [5, 5.41) is 28.4. The van der Waals surface area contributed by atoms with Crippen molar-refractivity contribution >= 4 is 34.2 Å². The number of nitrogens with zero attached hydrogens (tertiary/aromatic N) is 2. The highest BCUT2D eigenvalue weighted by Crippen LogP contribution is 2.25. The summed E-state index contributed by atoms with van der Waals surface area (Å²) in [6.45, 7) is 2.47. The van der Waals surface area contributed by atoms with E-state index in [1.807, 2.05) is 0 Å². The van der Waals surface area contributed by atoms with E-state index in [2.05, 4.69) is 0 Å².